The minimum Gasteiger partial charge on any atom is -0.371 e. The van der Waals surface area contributed by atoms with Gasteiger partial charge in [-0.15, -0.1) is 0 Å². The Bertz CT molecular complexity index is 357. The van der Waals surface area contributed by atoms with Crippen LogP contribution in [0.25, 0.3) is 0 Å². The van der Waals surface area contributed by atoms with Crippen LogP contribution in [-0.2, 0) is 6.54 Å². The molecule has 2 rings (SSSR count). The summed E-state index contributed by atoms with van der Waals surface area (Å²) in [6, 6.07) is 4.37. The lowest BCUT2D eigenvalue weighted by molar-refractivity contribution is 0.438. The zero-order valence-electron chi connectivity index (χ0n) is 11.7. The van der Waals surface area contributed by atoms with Gasteiger partial charge in [0.2, 0.25) is 0 Å². The van der Waals surface area contributed by atoms with E-state index >= 15 is 0 Å². The van der Waals surface area contributed by atoms with E-state index in [9.17, 15) is 0 Å². The molecule has 1 fully saturated rings. The van der Waals surface area contributed by atoms with Crippen molar-refractivity contribution >= 4 is 5.69 Å². The second-order valence-electron chi connectivity index (χ2n) is 5.35. The van der Waals surface area contributed by atoms with Crippen molar-refractivity contribution in [3.8, 4) is 0 Å². The highest BCUT2D eigenvalue weighted by Crippen LogP contribution is 2.22. The van der Waals surface area contributed by atoms with Gasteiger partial charge in [-0.1, -0.05) is 13.8 Å². The van der Waals surface area contributed by atoms with Gasteiger partial charge in [0.05, 0.1) is 5.69 Å². The number of piperidine rings is 1. The average Bonchev–Trinajstić information content (AvgIpc) is 2.40. The van der Waals surface area contributed by atoms with Gasteiger partial charge in [0.25, 0.3) is 0 Å². The molecule has 1 aliphatic heterocycles. The van der Waals surface area contributed by atoms with Crippen molar-refractivity contribution in [3.05, 3.63) is 24.0 Å². The fourth-order valence-electron chi connectivity index (χ4n) is 2.42. The number of hydrogen-bond donors (Lipinski definition) is 1. The molecule has 0 unspecified atom stereocenters. The van der Waals surface area contributed by atoms with Crippen molar-refractivity contribution in [3.63, 3.8) is 0 Å². The molecule has 0 aromatic carbocycles. The molecule has 0 spiro atoms. The first-order chi connectivity index (χ1) is 8.79. The molecule has 1 aromatic heterocycles. The fraction of sp³-hybridized carbons (Fsp3) is 0.667. The first kappa shape index (κ1) is 13.3. The second-order valence-corrected chi connectivity index (χ2v) is 5.35. The third kappa shape index (κ3) is 3.70. The molecule has 0 bridgehead atoms. The van der Waals surface area contributed by atoms with E-state index in [0.29, 0.717) is 0 Å². The van der Waals surface area contributed by atoms with E-state index in [0.717, 1.165) is 24.7 Å². The van der Waals surface area contributed by atoms with E-state index in [1.54, 1.807) is 0 Å². The Labute approximate surface area is 111 Å². The van der Waals surface area contributed by atoms with Gasteiger partial charge in [0.15, 0.2) is 0 Å². The van der Waals surface area contributed by atoms with Crippen LogP contribution < -0.4 is 10.2 Å². The Kier molecular flexibility index (Phi) is 5.00. The molecule has 1 aromatic rings. The number of aromatic nitrogens is 1. The standard InChI is InChI=1S/C15H25N3/c1-3-7-16-12-14-11-15(4-8-17-14)18-9-5-13(2)6-10-18/h4,8,11,13,16H,3,5-7,9-10,12H2,1-2H3. The van der Waals surface area contributed by atoms with Crippen LogP contribution in [-0.4, -0.2) is 24.6 Å². The van der Waals surface area contributed by atoms with Crippen LogP contribution in [0.5, 0.6) is 0 Å². The van der Waals surface area contributed by atoms with Crippen LogP contribution in [0.1, 0.15) is 38.8 Å². The molecule has 0 radical (unpaired) electrons. The molecule has 18 heavy (non-hydrogen) atoms. The Morgan fingerprint density at radius 2 is 2.17 bits per heavy atom. The van der Waals surface area contributed by atoms with Crippen molar-refractivity contribution in [1.82, 2.24) is 10.3 Å². The summed E-state index contributed by atoms with van der Waals surface area (Å²) in [5.41, 5.74) is 2.49. The zero-order valence-corrected chi connectivity index (χ0v) is 11.7. The number of rotatable bonds is 5. The zero-order chi connectivity index (χ0) is 12.8. The van der Waals surface area contributed by atoms with Crippen LogP contribution in [0.4, 0.5) is 5.69 Å². The molecule has 0 saturated carbocycles. The predicted molar refractivity (Wildman–Crippen MR) is 76.8 cm³/mol. The largest absolute Gasteiger partial charge is 0.371 e. The highest BCUT2D eigenvalue weighted by Gasteiger charge is 2.16. The van der Waals surface area contributed by atoms with E-state index in [1.165, 1.54) is 38.0 Å². The van der Waals surface area contributed by atoms with Gasteiger partial charge in [0, 0.05) is 31.5 Å². The summed E-state index contributed by atoms with van der Waals surface area (Å²) < 4.78 is 0. The first-order valence-corrected chi connectivity index (χ1v) is 7.20. The minimum absolute atomic E-state index is 0.881. The summed E-state index contributed by atoms with van der Waals surface area (Å²) in [5.74, 6) is 0.883. The molecular weight excluding hydrogens is 222 g/mol. The van der Waals surface area contributed by atoms with Gasteiger partial charge in [-0.2, -0.15) is 0 Å². The molecule has 100 valence electrons. The number of hydrogen-bond acceptors (Lipinski definition) is 3. The van der Waals surface area contributed by atoms with Crippen molar-refractivity contribution in [2.75, 3.05) is 24.5 Å². The number of anilines is 1. The third-order valence-electron chi connectivity index (χ3n) is 3.68. The smallest absolute Gasteiger partial charge is 0.0562 e. The lowest BCUT2D eigenvalue weighted by Gasteiger charge is -2.32. The first-order valence-electron chi connectivity index (χ1n) is 7.20. The second kappa shape index (κ2) is 6.74. The molecule has 0 aliphatic carbocycles. The Morgan fingerprint density at radius 3 is 2.89 bits per heavy atom. The molecule has 1 saturated heterocycles. The van der Waals surface area contributed by atoms with Crippen LogP contribution in [0.2, 0.25) is 0 Å². The van der Waals surface area contributed by atoms with Gasteiger partial charge in [-0.25, -0.2) is 0 Å². The van der Waals surface area contributed by atoms with Gasteiger partial charge < -0.3 is 10.2 Å². The highest BCUT2D eigenvalue weighted by atomic mass is 15.1. The van der Waals surface area contributed by atoms with Crippen molar-refractivity contribution < 1.29 is 0 Å². The van der Waals surface area contributed by atoms with Crippen LogP contribution >= 0.6 is 0 Å². The SMILES string of the molecule is CCCNCc1cc(N2CCC(C)CC2)ccn1. The van der Waals surface area contributed by atoms with E-state index in [-0.39, 0.29) is 0 Å². The number of nitrogens with one attached hydrogen (secondary N) is 1. The van der Waals surface area contributed by atoms with E-state index in [1.807, 2.05) is 6.20 Å². The summed E-state index contributed by atoms with van der Waals surface area (Å²) in [7, 11) is 0. The van der Waals surface area contributed by atoms with E-state index in [2.05, 4.69) is 41.2 Å². The van der Waals surface area contributed by atoms with E-state index in [4.69, 9.17) is 0 Å². The Morgan fingerprint density at radius 1 is 1.39 bits per heavy atom. The molecule has 3 heteroatoms. The fourth-order valence-corrected chi connectivity index (χ4v) is 2.42. The lowest BCUT2D eigenvalue weighted by Crippen LogP contribution is -2.32. The van der Waals surface area contributed by atoms with Crippen LogP contribution in [0, 0.1) is 5.92 Å². The monoisotopic (exact) mass is 247 g/mol. The molecule has 0 amide bonds. The van der Waals surface area contributed by atoms with Crippen molar-refractivity contribution in [2.24, 2.45) is 5.92 Å². The highest BCUT2D eigenvalue weighted by molar-refractivity contribution is 5.46. The summed E-state index contributed by atoms with van der Waals surface area (Å²) in [6.45, 7) is 8.86. The molecule has 3 nitrogen and oxygen atoms in total. The average molecular weight is 247 g/mol. The van der Waals surface area contributed by atoms with E-state index < -0.39 is 0 Å². The maximum absolute atomic E-state index is 4.43. The molecule has 2 heterocycles. The summed E-state index contributed by atoms with van der Waals surface area (Å²) in [6.07, 6.45) is 5.73. The van der Waals surface area contributed by atoms with Crippen molar-refractivity contribution in [1.29, 1.82) is 0 Å². The number of pyridine rings is 1. The van der Waals surface area contributed by atoms with Gasteiger partial charge in [-0.3, -0.25) is 4.98 Å². The molecule has 0 atom stereocenters. The maximum Gasteiger partial charge on any atom is 0.0562 e. The molecular formula is C15H25N3. The quantitative estimate of drug-likeness (QED) is 0.811. The van der Waals surface area contributed by atoms with Crippen LogP contribution in [0.3, 0.4) is 0 Å². The molecule has 1 aliphatic rings. The number of nitrogens with zero attached hydrogens (tertiary/aromatic N) is 2. The molecule has 1 N–H and O–H groups in total. The van der Waals surface area contributed by atoms with Crippen LogP contribution in [0.15, 0.2) is 18.3 Å². The topological polar surface area (TPSA) is 28.2 Å². The van der Waals surface area contributed by atoms with Gasteiger partial charge >= 0.3 is 0 Å². The maximum atomic E-state index is 4.43. The third-order valence-corrected chi connectivity index (χ3v) is 3.68. The Balaban J connectivity index is 1.94. The summed E-state index contributed by atoms with van der Waals surface area (Å²) in [5, 5.41) is 3.41. The normalized spacial score (nSPS) is 17.1. The summed E-state index contributed by atoms with van der Waals surface area (Å²) >= 11 is 0. The van der Waals surface area contributed by atoms with Crippen molar-refractivity contribution in [2.45, 2.75) is 39.7 Å². The minimum atomic E-state index is 0.881. The van der Waals surface area contributed by atoms with Gasteiger partial charge in [0.1, 0.15) is 0 Å². The predicted octanol–water partition coefficient (Wildman–Crippen LogP) is 2.82. The lowest BCUT2D eigenvalue weighted by atomic mass is 9.99. The summed E-state index contributed by atoms with van der Waals surface area (Å²) in [4.78, 5) is 6.92. The van der Waals surface area contributed by atoms with Gasteiger partial charge in [-0.05, 0) is 43.9 Å². The Hall–Kier alpha value is -1.09.